The standard InChI is InChI=1S/C45H57N3O9/c1-51-37-17-16-33(28-38(37)52-2)36-18-23-48(42(36)45(49)50,22-10-12-31-11-9-15-35(27-31)57-26-21-47-19-24-56-25-20-47)44(46)41(32-13-7-6-8-14-32)34-29-39(53-3)43(55-5)40(30-34)54-4/h9,11,15-18,23,27-30,32,41,46H,6-8,10,12-14,19-22,24-26H2,1-5H3/p+1/t41-,48-/m0/s1. The molecule has 1 aliphatic carbocycles. The fraction of sp³-hybridized carbons (Fsp3) is 0.467. The Morgan fingerprint density at radius 1 is 0.877 bits per heavy atom. The number of hydrogen-bond donors (Lipinski definition) is 2. The molecule has 6 rings (SSSR count). The van der Waals surface area contributed by atoms with E-state index in [1.54, 1.807) is 47.7 Å². The number of aryl methyl sites for hydroxylation is 1. The number of hydrogen-bond acceptors (Lipinski definition) is 10. The van der Waals surface area contributed by atoms with Crippen LogP contribution in [0.4, 0.5) is 0 Å². The summed E-state index contributed by atoms with van der Waals surface area (Å²) in [6.07, 6.45) is 10.1. The van der Waals surface area contributed by atoms with E-state index in [9.17, 15) is 15.3 Å². The maximum atomic E-state index is 13.7. The third-order valence-corrected chi connectivity index (χ3v) is 11.6. The van der Waals surface area contributed by atoms with Crippen molar-refractivity contribution in [2.75, 3.05) is 81.5 Å². The lowest BCUT2D eigenvalue weighted by Crippen LogP contribution is -2.52. The summed E-state index contributed by atoms with van der Waals surface area (Å²) in [7, 11) is 7.88. The zero-order chi connectivity index (χ0) is 40.4. The Labute approximate surface area is 336 Å². The highest BCUT2D eigenvalue weighted by molar-refractivity contribution is 6.02. The number of nitrogens with one attached hydrogen (secondary N) is 1. The lowest BCUT2D eigenvalue weighted by atomic mass is 9.75. The number of methoxy groups -OCH3 is 5. The summed E-state index contributed by atoms with van der Waals surface area (Å²) in [4.78, 5) is 16.1. The van der Waals surface area contributed by atoms with E-state index in [2.05, 4.69) is 17.0 Å². The number of ether oxygens (including phenoxy) is 7. The first-order valence-corrected chi connectivity index (χ1v) is 19.9. The molecule has 3 aromatic rings. The van der Waals surface area contributed by atoms with E-state index in [4.69, 9.17) is 33.2 Å². The molecular formula is C45H58N3O9+. The van der Waals surface area contributed by atoms with E-state index in [1.807, 2.05) is 42.6 Å². The summed E-state index contributed by atoms with van der Waals surface area (Å²) < 4.78 is 39.8. The van der Waals surface area contributed by atoms with E-state index < -0.39 is 11.9 Å². The van der Waals surface area contributed by atoms with Gasteiger partial charge in [-0.25, -0.2) is 9.28 Å². The molecule has 12 heteroatoms. The van der Waals surface area contributed by atoms with Crippen LogP contribution in [0.25, 0.3) is 5.57 Å². The predicted octanol–water partition coefficient (Wildman–Crippen LogP) is 7.55. The first-order chi connectivity index (χ1) is 27.8. The third kappa shape index (κ3) is 9.24. The normalized spacial score (nSPS) is 19.2. The molecule has 2 heterocycles. The first-order valence-electron chi connectivity index (χ1n) is 19.9. The molecule has 2 fully saturated rings. The van der Waals surface area contributed by atoms with Crippen molar-refractivity contribution in [3.63, 3.8) is 0 Å². The molecule has 57 heavy (non-hydrogen) atoms. The minimum atomic E-state index is -1.09. The fourth-order valence-electron chi connectivity index (χ4n) is 8.69. The number of benzene rings is 3. The maximum absolute atomic E-state index is 13.7. The molecule has 1 saturated carbocycles. The molecule has 0 amide bonds. The highest BCUT2D eigenvalue weighted by Gasteiger charge is 2.50. The summed E-state index contributed by atoms with van der Waals surface area (Å²) >= 11 is 0. The van der Waals surface area contributed by atoms with Crippen LogP contribution in [0.1, 0.15) is 61.1 Å². The third-order valence-electron chi connectivity index (χ3n) is 11.6. The second-order valence-corrected chi connectivity index (χ2v) is 14.8. The smallest absolute Gasteiger partial charge is 0.391 e. The van der Waals surface area contributed by atoms with Crippen molar-refractivity contribution < 1.29 is 47.5 Å². The van der Waals surface area contributed by atoms with Gasteiger partial charge in [0.2, 0.25) is 17.3 Å². The molecular weight excluding hydrogens is 727 g/mol. The van der Waals surface area contributed by atoms with E-state index in [0.29, 0.717) is 71.7 Å². The van der Waals surface area contributed by atoms with Gasteiger partial charge in [0.25, 0.3) is 0 Å². The molecule has 0 unspecified atom stereocenters. The number of rotatable bonds is 18. The molecule has 2 N–H and O–H groups in total. The average molecular weight is 785 g/mol. The summed E-state index contributed by atoms with van der Waals surface area (Å²) in [6, 6.07) is 17.4. The van der Waals surface area contributed by atoms with Gasteiger partial charge in [-0.05, 0) is 78.3 Å². The number of carboxylic acid groups (broad SMARTS) is 1. The molecule has 306 valence electrons. The monoisotopic (exact) mass is 784 g/mol. The number of carbonyl (C=O) groups is 1. The van der Waals surface area contributed by atoms with Gasteiger partial charge in [0.1, 0.15) is 18.6 Å². The predicted molar refractivity (Wildman–Crippen MR) is 219 cm³/mol. The van der Waals surface area contributed by atoms with Gasteiger partial charge in [-0.2, -0.15) is 0 Å². The van der Waals surface area contributed by atoms with Gasteiger partial charge in [0.15, 0.2) is 23.0 Å². The Bertz CT molecular complexity index is 1910. The minimum Gasteiger partial charge on any atom is -0.493 e. The average Bonchev–Trinajstić information content (AvgIpc) is 3.64. The summed E-state index contributed by atoms with van der Waals surface area (Å²) in [5.41, 5.74) is 3.23. The largest absolute Gasteiger partial charge is 0.493 e. The van der Waals surface area contributed by atoms with E-state index >= 15 is 0 Å². The van der Waals surface area contributed by atoms with Gasteiger partial charge in [0, 0.05) is 32.1 Å². The topological polar surface area (TPSA) is 129 Å². The van der Waals surface area contributed by atoms with Crippen molar-refractivity contribution in [3.05, 3.63) is 89.3 Å². The zero-order valence-corrected chi connectivity index (χ0v) is 34.0. The molecule has 2 aliphatic heterocycles. The number of amidine groups is 1. The zero-order valence-electron chi connectivity index (χ0n) is 34.0. The van der Waals surface area contributed by atoms with E-state index in [-0.39, 0.29) is 16.1 Å². The molecule has 0 radical (unpaired) electrons. The van der Waals surface area contributed by atoms with Crippen molar-refractivity contribution in [1.29, 1.82) is 5.41 Å². The van der Waals surface area contributed by atoms with Crippen LogP contribution < -0.4 is 28.4 Å². The van der Waals surface area contributed by atoms with Crippen LogP contribution in [0, 0.1) is 11.3 Å². The lowest BCUT2D eigenvalue weighted by molar-refractivity contribution is -0.743. The summed E-state index contributed by atoms with van der Waals surface area (Å²) in [6.45, 7) is 5.09. The van der Waals surface area contributed by atoms with Crippen LogP contribution in [0.5, 0.6) is 34.5 Å². The van der Waals surface area contributed by atoms with Crippen LogP contribution in [0.15, 0.2) is 72.6 Å². The molecule has 3 aliphatic rings. The number of quaternary nitrogens is 1. The Hall–Kier alpha value is -5.04. The van der Waals surface area contributed by atoms with Gasteiger partial charge in [-0.3, -0.25) is 10.3 Å². The van der Waals surface area contributed by atoms with Gasteiger partial charge in [-0.15, -0.1) is 0 Å². The van der Waals surface area contributed by atoms with Crippen molar-refractivity contribution in [1.82, 2.24) is 4.90 Å². The number of allylic oxidation sites excluding steroid dienone is 2. The van der Waals surface area contributed by atoms with Gasteiger partial charge in [0.05, 0.1) is 66.8 Å². The molecule has 0 aromatic heterocycles. The van der Waals surface area contributed by atoms with Gasteiger partial charge in [-0.1, -0.05) is 37.5 Å². The highest BCUT2D eigenvalue weighted by atomic mass is 16.5. The Morgan fingerprint density at radius 3 is 2.23 bits per heavy atom. The molecule has 2 atom stereocenters. The molecule has 0 bridgehead atoms. The number of carboxylic acids is 1. The van der Waals surface area contributed by atoms with Crippen molar-refractivity contribution in [2.24, 2.45) is 5.92 Å². The first kappa shape index (κ1) is 41.6. The second-order valence-electron chi connectivity index (χ2n) is 14.8. The van der Waals surface area contributed by atoms with Crippen LogP contribution >= 0.6 is 0 Å². The molecule has 12 nitrogen and oxygen atoms in total. The summed E-state index contributed by atoms with van der Waals surface area (Å²) in [5.74, 6) is 2.17. The fourth-order valence-corrected chi connectivity index (χ4v) is 8.69. The van der Waals surface area contributed by atoms with Crippen molar-refractivity contribution >= 4 is 17.4 Å². The maximum Gasteiger partial charge on any atom is 0.391 e. The quantitative estimate of drug-likeness (QED) is 0.0758. The Morgan fingerprint density at radius 2 is 1.58 bits per heavy atom. The van der Waals surface area contributed by atoms with Crippen molar-refractivity contribution in [2.45, 2.75) is 50.9 Å². The van der Waals surface area contributed by atoms with Crippen LogP contribution in [-0.4, -0.2) is 108 Å². The Balaban J connectivity index is 1.39. The van der Waals surface area contributed by atoms with E-state index in [0.717, 1.165) is 81.8 Å². The van der Waals surface area contributed by atoms with Crippen LogP contribution in [0.3, 0.4) is 0 Å². The van der Waals surface area contributed by atoms with E-state index in [1.165, 1.54) is 0 Å². The highest BCUT2D eigenvalue weighted by Crippen LogP contribution is 2.48. The minimum absolute atomic E-state index is 0.101. The lowest BCUT2D eigenvalue weighted by Gasteiger charge is -2.39. The van der Waals surface area contributed by atoms with Gasteiger partial charge >= 0.3 is 5.97 Å². The second kappa shape index (κ2) is 19.4. The van der Waals surface area contributed by atoms with Gasteiger partial charge < -0.3 is 38.3 Å². The number of nitrogens with zero attached hydrogens (tertiary/aromatic N) is 2. The summed E-state index contributed by atoms with van der Waals surface area (Å²) in [5, 5.41) is 21.6. The molecule has 1 saturated heterocycles. The van der Waals surface area contributed by atoms with Crippen LogP contribution in [-0.2, 0) is 16.0 Å². The van der Waals surface area contributed by atoms with Crippen LogP contribution in [0.2, 0.25) is 0 Å². The SMILES string of the molecule is COc1ccc(C2=C(C(=O)O)[N@@+](CCCc3cccc(OCCN4CCOCC4)c3)(C(=N)[C@H](c3cc(OC)c(OC)c(OC)c3)C3CCCCC3)C=C2)cc1OC. The molecule has 3 aromatic carbocycles. The molecule has 0 spiro atoms. The Kier molecular flexibility index (Phi) is 14.2. The van der Waals surface area contributed by atoms with Crippen molar-refractivity contribution in [3.8, 4) is 34.5 Å². The number of morpholine rings is 1. The number of aliphatic carboxylic acids is 1.